The molecule has 0 amide bonds. The molecule has 0 radical (unpaired) electrons. The first-order valence-electron chi connectivity index (χ1n) is 12.7. The molecule has 38 heavy (non-hydrogen) atoms. The van der Waals surface area contributed by atoms with Crippen LogP contribution in [-0.4, -0.2) is 3.71 Å². The van der Waals surface area contributed by atoms with Gasteiger partial charge in [-0.25, -0.2) is 0 Å². The van der Waals surface area contributed by atoms with E-state index < -0.39 is 18.9 Å². The van der Waals surface area contributed by atoms with Gasteiger partial charge in [-0.05, 0) is 16.3 Å². The summed E-state index contributed by atoms with van der Waals surface area (Å²) in [5.41, 5.74) is 3.97. The quantitative estimate of drug-likeness (QED) is 0.162. The van der Waals surface area contributed by atoms with Crippen molar-refractivity contribution in [1.29, 1.82) is 0 Å². The smallest absolute Gasteiger partial charge is 0.0114 e. The average Bonchev–Trinajstić information content (AvgIpc) is 3.53. The van der Waals surface area contributed by atoms with E-state index in [1.54, 1.807) is 0 Å². The van der Waals surface area contributed by atoms with E-state index in [4.69, 9.17) is 17.0 Å². The number of hydrogen-bond donors (Lipinski definition) is 0. The molecule has 0 aliphatic heterocycles. The van der Waals surface area contributed by atoms with E-state index in [0.29, 0.717) is 0 Å². The maximum absolute atomic E-state index is 5.37. The molecule has 188 valence electrons. The molecular formula is C35H28Cl2Zr-2. The maximum atomic E-state index is 5.37. The van der Waals surface area contributed by atoms with Crippen molar-refractivity contribution in [2.75, 3.05) is 0 Å². The summed E-state index contributed by atoms with van der Waals surface area (Å²) in [7, 11) is 10.7. The van der Waals surface area contributed by atoms with Crippen molar-refractivity contribution in [3.8, 4) is 11.1 Å². The number of aryl methyl sites for hydroxylation is 1. The molecular weight excluding hydrogens is 583 g/mol. The summed E-state index contributed by atoms with van der Waals surface area (Å²) < 4.78 is 1.89. The second-order valence-corrected chi connectivity index (χ2v) is 18.1. The Morgan fingerprint density at radius 1 is 0.553 bits per heavy atom. The van der Waals surface area contributed by atoms with E-state index in [-0.39, 0.29) is 0 Å². The molecule has 7 aromatic carbocycles. The Hall–Kier alpha value is -2.83. The third-order valence-corrected chi connectivity index (χ3v) is 10.4. The second-order valence-electron chi connectivity index (χ2n) is 9.27. The van der Waals surface area contributed by atoms with E-state index in [2.05, 4.69) is 134 Å². The summed E-state index contributed by atoms with van der Waals surface area (Å²) in [5.74, 6) is 0. The first-order valence-corrected chi connectivity index (χ1v) is 20.4. The van der Waals surface area contributed by atoms with Gasteiger partial charge < -0.3 is 0 Å². The molecule has 0 unspecified atom stereocenters. The van der Waals surface area contributed by atoms with Crippen molar-refractivity contribution < 1.29 is 18.9 Å². The number of rotatable bonds is 1. The van der Waals surface area contributed by atoms with Crippen LogP contribution in [0, 0.1) is 6.92 Å². The Morgan fingerprint density at radius 3 is 1.63 bits per heavy atom. The number of benzene rings is 5. The minimum atomic E-state index is -1.76. The zero-order chi connectivity index (χ0) is 26.5. The van der Waals surface area contributed by atoms with Crippen LogP contribution in [-0.2, 0) is 18.9 Å². The zero-order valence-electron chi connectivity index (χ0n) is 21.5. The molecule has 0 nitrogen and oxygen atoms in total. The summed E-state index contributed by atoms with van der Waals surface area (Å²) in [5, 5.41) is 10.7. The van der Waals surface area contributed by atoms with Crippen LogP contribution in [0.25, 0.3) is 54.2 Å². The van der Waals surface area contributed by atoms with Crippen molar-refractivity contribution >= 4 is 63.8 Å². The third-order valence-electron chi connectivity index (χ3n) is 6.72. The minimum Gasteiger partial charge on any atom is -0.165 e. The van der Waals surface area contributed by atoms with Crippen LogP contribution in [0.4, 0.5) is 0 Å². The van der Waals surface area contributed by atoms with Gasteiger partial charge >= 0.3 is 46.5 Å². The Bertz CT molecular complexity index is 1810. The molecule has 0 atom stereocenters. The van der Waals surface area contributed by atoms with Gasteiger partial charge in [0.25, 0.3) is 0 Å². The molecule has 0 saturated carbocycles. The van der Waals surface area contributed by atoms with Crippen LogP contribution in [0.5, 0.6) is 0 Å². The number of hydrogen-bond acceptors (Lipinski definition) is 0. The molecule has 0 aliphatic rings. The van der Waals surface area contributed by atoms with Crippen LogP contribution in [0.1, 0.15) is 12.5 Å². The van der Waals surface area contributed by atoms with Gasteiger partial charge in [0.2, 0.25) is 0 Å². The second kappa shape index (κ2) is 12.4. The standard InChI is InChI=1S/C20H15.C13H9.C2H4.2ClH.Zr/c1-14-12-16-8-5-11-19(20(16)13-14)18-10-4-7-15-6-2-3-9-17(15)18;1-3-7-12-10(5-1)9-11-6-2-4-8-13(11)12;1-2;;;/h2-13H,1H3;1-9H;1H,2H3;2*1H;/q2*-1;;;;+2/p-2. The molecule has 0 heterocycles. The fraction of sp³-hybridized carbons (Fsp3) is 0.0571. The Morgan fingerprint density at radius 2 is 1.00 bits per heavy atom. The van der Waals surface area contributed by atoms with Gasteiger partial charge in [-0.15, -0.1) is 74.3 Å². The normalized spacial score (nSPS) is 10.6. The van der Waals surface area contributed by atoms with Gasteiger partial charge in [0.1, 0.15) is 0 Å². The average molecular weight is 611 g/mol. The monoisotopic (exact) mass is 608 g/mol. The van der Waals surface area contributed by atoms with Crippen LogP contribution >= 0.6 is 17.0 Å². The SMILES string of the molecule is C[CH]=[Zr]([Cl])[Cl].Cc1cc2c(-c3cccc4ccccc34)cccc2[cH-]1.c1ccc2c(c1)[cH-]c1ccccc12. The molecule has 0 saturated heterocycles. The molecule has 0 N–H and O–H groups in total. The van der Waals surface area contributed by atoms with Gasteiger partial charge in [0, 0.05) is 0 Å². The number of halogens is 2. The predicted octanol–water partition coefficient (Wildman–Crippen LogP) is 11.1. The molecule has 0 bridgehead atoms. The zero-order valence-corrected chi connectivity index (χ0v) is 25.4. The third kappa shape index (κ3) is 5.92. The molecule has 0 fully saturated rings. The first-order chi connectivity index (χ1) is 18.5. The van der Waals surface area contributed by atoms with Gasteiger partial charge in [0.15, 0.2) is 0 Å². The fourth-order valence-electron chi connectivity index (χ4n) is 4.98. The molecule has 7 rings (SSSR count). The Kier molecular flexibility index (Phi) is 8.70. The topological polar surface area (TPSA) is 0 Å². The van der Waals surface area contributed by atoms with Crippen molar-refractivity contribution in [2.24, 2.45) is 0 Å². The summed E-state index contributed by atoms with van der Waals surface area (Å²) in [4.78, 5) is 0. The van der Waals surface area contributed by atoms with Gasteiger partial charge in [-0.3, -0.25) is 0 Å². The summed E-state index contributed by atoms with van der Waals surface area (Å²) >= 11 is -1.76. The van der Waals surface area contributed by atoms with E-state index in [9.17, 15) is 0 Å². The summed E-state index contributed by atoms with van der Waals surface area (Å²) in [6.45, 7) is 4.06. The maximum Gasteiger partial charge on any atom is -0.0114 e. The van der Waals surface area contributed by atoms with Crippen LogP contribution in [0.2, 0.25) is 0 Å². The van der Waals surface area contributed by atoms with Crippen LogP contribution < -0.4 is 0 Å². The van der Waals surface area contributed by atoms with E-state index in [1.807, 2.05) is 10.6 Å². The Balaban J connectivity index is 0.000000140. The summed E-state index contributed by atoms with van der Waals surface area (Å²) in [6, 6.07) is 45.5. The molecule has 7 aromatic rings. The van der Waals surface area contributed by atoms with Crippen LogP contribution in [0.3, 0.4) is 0 Å². The summed E-state index contributed by atoms with van der Waals surface area (Å²) in [6.07, 6.45) is 0. The van der Waals surface area contributed by atoms with Crippen molar-refractivity contribution in [3.63, 3.8) is 0 Å². The molecule has 0 aliphatic carbocycles. The molecule has 0 spiro atoms. The van der Waals surface area contributed by atoms with Crippen molar-refractivity contribution in [3.05, 3.63) is 133 Å². The fourth-order valence-corrected chi connectivity index (χ4v) is 4.98. The largest absolute Gasteiger partial charge is 0.165 e. The van der Waals surface area contributed by atoms with E-state index in [1.165, 1.54) is 59.8 Å². The van der Waals surface area contributed by atoms with E-state index in [0.717, 1.165) is 0 Å². The van der Waals surface area contributed by atoms with Gasteiger partial charge in [0.05, 0.1) is 0 Å². The number of fused-ring (bicyclic) bond motifs is 5. The van der Waals surface area contributed by atoms with Crippen molar-refractivity contribution in [1.82, 2.24) is 0 Å². The predicted molar refractivity (Wildman–Crippen MR) is 168 cm³/mol. The molecule has 3 heteroatoms. The van der Waals surface area contributed by atoms with E-state index >= 15 is 0 Å². The van der Waals surface area contributed by atoms with Gasteiger partial charge in [-0.1, -0.05) is 97.4 Å². The van der Waals surface area contributed by atoms with Gasteiger partial charge in [-0.2, -0.15) is 6.07 Å². The Labute approximate surface area is 239 Å². The minimum absolute atomic E-state index is 1.30. The van der Waals surface area contributed by atoms with Crippen LogP contribution in [0.15, 0.2) is 127 Å². The molecule has 0 aromatic heterocycles. The first kappa shape index (κ1) is 26.8. The van der Waals surface area contributed by atoms with Crippen molar-refractivity contribution in [2.45, 2.75) is 13.8 Å².